The lowest BCUT2D eigenvalue weighted by Gasteiger charge is -2.27. The first kappa shape index (κ1) is 12.0. The van der Waals surface area contributed by atoms with Crippen LogP contribution < -0.4 is 5.32 Å². The van der Waals surface area contributed by atoms with Crippen LogP contribution in [0, 0.1) is 17.4 Å². The fourth-order valence-corrected chi connectivity index (χ4v) is 2.41. The van der Waals surface area contributed by atoms with Gasteiger partial charge in [0.2, 0.25) is 0 Å². The summed E-state index contributed by atoms with van der Waals surface area (Å²) in [6.07, 6.45) is 9.69. The number of nitriles is 1. The average molecular weight is 207 g/mol. The summed E-state index contributed by atoms with van der Waals surface area (Å²) in [5.74, 6) is 1.49. The summed E-state index contributed by atoms with van der Waals surface area (Å²) in [5.41, 5.74) is 0. The molecule has 0 unspecified atom stereocenters. The van der Waals surface area contributed by atoms with Crippen LogP contribution in [0.1, 0.15) is 52.4 Å². The van der Waals surface area contributed by atoms with E-state index in [0.717, 1.165) is 18.2 Å². The number of hydrogen-bond acceptors (Lipinski definition) is 2. The zero-order valence-corrected chi connectivity index (χ0v) is 9.79. The standard InChI is InChI=1S/C12H21N3/c1-3-12(15-10(2)14-9-13)11-7-5-4-6-8-11/h11-12H,3-8H2,1-2H3,(H,14,15)/t12-/m1/s1. The number of amidine groups is 1. The van der Waals surface area contributed by atoms with E-state index in [1.54, 1.807) is 0 Å². The summed E-state index contributed by atoms with van der Waals surface area (Å²) in [6, 6.07) is 0.408. The SMILES string of the molecule is CC[C@@H](N=C(C)NC#N)C1CCCCC1. The van der Waals surface area contributed by atoms with E-state index in [1.165, 1.54) is 32.1 Å². The summed E-state index contributed by atoms with van der Waals surface area (Å²) in [5, 5.41) is 11.1. The maximum atomic E-state index is 8.49. The first-order chi connectivity index (χ1) is 7.27. The molecule has 0 amide bonds. The van der Waals surface area contributed by atoms with Crippen molar-refractivity contribution in [1.29, 1.82) is 5.26 Å². The zero-order chi connectivity index (χ0) is 11.1. The smallest absolute Gasteiger partial charge is 0.182 e. The van der Waals surface area contributed by atoms with Gasteiger partial charge < -0.3 is 0 Å². The van der Waals surface area contributed by atoms with Gasteiger partial charge in [-0.2, -0.15) is 5.26 Å². The second kappa shape index (κ2) is 6.44. The fourth-order valence-electron chi connectivity index (χ4n) is 2.41. The van der Waals surface area contributed by atoms with Gasteiger partial charge in [0.25, 0.3) is 0 Å². The molecule has 0 aromatic rings. The van der Waals surface area contributed by atoms with Crippen LogP contribution in [0.5, 0.6) is 0 Å². The van der Waals surface area contributed by atoms with Gasteiger partial charge in [0.05, 0.1) is 6.04 Å². The quantitative estimate of drug-likeness (QED) is 0.335. The predicted molar refractivity (Wildman–Crippen MR) is 62.5 cm³/mol. The molecule has 0 radical (unpaired) electrons. The second-order valence-electron chi connectivity index (χ2n) is 4.32. The maximum absolute atomic E-state index is 8.49. The third-order valence-corrected chi connectivity index (χ3v) is 3.21. The molecule has 3 heteroatoms. The van der Waals surface area contributed by atoms with E-state index in [0.29, 0.717) is 6.04 Å². The molecule has 1 saturated carbocycles. The number of aliphatic imine (C=N–C) groups is 1. The molecule has 0 spiro atoms. The van der Waals surface area contributed by atoms with Crippen molar-refractivity contribution in [3.63, 3.8) is 0 Å². The van der Waals surface area contributed by atoms with Crippen LogP contribution >= 0.6 is 0 Å². The Morgan fingerprint density at radius 3 is 2.67 bits per heavy atom. The maximum Gasteiger partial charge on any atom is 0.182 e. The predicted octanol–water partition coefficient (Wildman–Crippen LogP) is 2.83. The normalized spacial score (nSPS) is 20.7. The molecule has 84 valence electrons. The molecule has 0 aromatic heterocycles. The topological polar surface area (TPSA) is 48.2 Å². The Morgan fingerprint density at radius 2 is 2.13 bits per heavy atom. The van der Waals surface area contributed by atoms with Gasteiger partial charge in [0.1, 0.15) is 5.84 Å². The van der Waals surface area contributed by atoms with Crippen molar-refractivity contribution in [3.05, 3.63) is 0 Å². The Kier molecular flexibility index (Phi) is 5.17. The number of rotatable bonds is 3. The van der Waals surface area contributed by atoms with E-state index in [9.17, 15) is 0 Å². The van der Waals surface area contributed by atoms with Crippen molar-refractivity contribution in [2.45, 2.75) is 58.4 Å². The molecule has 1 N–H and O–H groups in total. The minimum absolute atomic E-state index is 0.408. The lowest BCUT2D eigenvalue weighted by Crippen LogP contribution is -2.24. The van der Waals surface area contributed by atoms with Crippen molar-refractivity contribution in [1.82, 2.24) is 5.32 Å². The van der Waals surface area contributed by atoms with E-state index in [2.05, 4.69) is 17.2 Å². The lowest BCUT2D eigenvalue weighted by atomic mass is 9.83. The van der Waals surface area contributed by atoms with Crippen molar-refractivity contribution in [2.75, 3.05) is 0 Å². The molecule has 3 nitrogen and oxygen atoms in total. The van der Waals surface area contributed by atoms with E-state index in [-0.39, 0.29) is 0 Å². The molecule has 0 aliphatic heterocycles. The first-order valence-corrected chi connectivity index (χ1v) is 5.97. The van der Waals surface area contributed by atoms with Crippen LogP contribution in [0.4, 0.5) is 0 Å². The summed E-state index contributed by atoms with van der Waals surface area (Å²) < 4.78 is 0. The molecule has 0 saturated heterocycles. The molecule has 1 atom stereocenters. The van der Waals surface area contributed by atoms with Gasteiger partial charge in [-0.15, -0.1) is 0 Å². The molecule has 0 bridgehead atoms. The number of nitrogens with one attached hydrogen (secondary N) is 1. The van der Waals surface area contributed by atoms with Crippen molar-refractivity contribution < 1.29 is 0 Å². The van der Waals surface area contributed by atoms with Gasteiger partial charge in [-0.3, -0.25) is 10.3 Å². The fraction of sp³-hybridized carbons (Fsp3) is 0.833. The van der Waals surface area contributed by atoms with Crippen LogP contribution in [-0.2, 0) is 0 Å². The van der Waals surface area contributed by atoms with Crippen molar-refractivity contribution >= 4 is 5.84 Å². The van der Waals surface area contributed by atoms with Gasteiger partial charge >= 0.3 is 0 Å². The minimum Gasteiger partial charge on any atom is -0.281 e. The van der Waals surface area contributed by atoms with Crippen molar-refractivity contribution in [2.24, 2.45) is 10.9 Å². The highest BCUT2D eigenvalue weighted by molar-refractivity contribution is 5.81. The van der Waals surface area contributed by atoms with Crippen molar-refractivity contribution in [3.8, 4) is 6.19 Å². The molecule has 0 aromatic carbocycles. The van der Waals surface area contributed by atoms with Gasteiger partial charge in [0, 0.05) is 0 Å². The van der Waals surface area contributed by atoms with Gasteiger partial charge in [-0.25, -0.2) is 0 Å². The molecular formula is C12H21N3. The first-order valence-electron chi connectivity index (χ1n) is 5.97. The largest absolute Gasteiger partial charge is 0.281 e. The highest BCUT2D eigenvalue weighted by Gasteiger charge is 2.21. The van der Waals surface area contributed by atoms with Gasteiger partial charge in [-0.1, -0.05) is 26.2 Å². The zero-order valence-electron chi connectivity index (χ0n) is 9.79. The minimum atomic E-state index is 0.408. The second-order valence-corrected chi connectivity index (χ2v) is 4.32. The summed E-state index contributed by atoms with van der Waals surface area (Å²) in [4.78, 5) is 4.59. The Hall–Kier alpha value is -1.04. The summed E-state index contributed by atoms with van der Waals surface area (Å²) in [7, 11) is 0. The van der Waals surface area contributed by atoms with E-state index >= 15 is 0 Å². The van der Waals surface area contributed by atoms with Crippen LogP contribution in [-0.4, -0.2) is 11.9 Å². The van der Waals surface area contributed by atoms with E-state index in [1.807, 2.05) is 13.1 Å². The highest BCUT2D eigenvalue weighted by Crippen LogP contribution is 2.29. The molecule has 1 aliphatic carbocycles. The third-order valence-electron chi connectivity index (χ3n) is 3.21. The van der Waals surface area contributed by atoms with Gasteiger partial charge in [-0.05, 0) is 32.1 Å². The molecule has 15 heavy (non-hydrogen) atoms. The molecule has 0 heterocycles. The molecule has 1 aliphatic rings. The summed E-state index contributed by atoms with van der Waals surface area (Å²) >= 11 is 0. The Labute approximate surface area is 92.6 Å². The van der Waals surface area contributed by atoms with E-state index < -0.39 is 0 Å². The molecular weight excluding hydrogens is 186 g/mol. The average Bonchev–Trinajstić information content (AvgIpc) is 2.27. The van der Waals surface area contributed by atoms with Crippen LogP contribution in [0.3, 0.4) is 0 Å². The molecule has 1 fully saturated rings. The highest BCUT2D eigenvalue weighted by atomic mass is 15.0. The number of hydrogen-bond donors (Lipinski definition) is 1. The Bertz CT molecular complexity index is 246. The van der Waals surface area contributed by atoms with Crippen LogP contribution in [0.25, 0.3) is 0 Å². The Balaban J connectivity index is 2.54. The van der Waals surface area contributed by atoms with Crippen LogP contribution in [0.15, 0.2) is 4.99 Å². The molecule has 1 rings (SSSR count). The van der Waals surface area contributed by atoms with E-state index in [4.69, 9.17) is 5.26 Å². The monoisotopic (exact) mass is 207 g/mol. The third kappa shape index (κ3) is 3.91. The lowest BCUT2D eigenvalue weighted by molar-refractivity contribution is 0.301. The number of nitrogens with zero attached hydrogens (tertiary/aromatic N) is 2. The Morgan fingerprint density at radius 1 is 1.47 bits per heavy atom. The van der Waals surface area contributed by atoms with Crippen LogP contribution in [0.2, 0.25) is 0 Å². The van der Waals surface area contributed by atoms with Gasteiger partial charge in [0.15, 0.2) is 6.19 Å². The summed E-state index contributed by atoms with van der Waals surface area (Å²) in [6.45, 7) is 4.05.